The Labute approximate surface area is 160 Å². The second-order valence-corrected chi connectivity index (χ2v) is 7.24. The first kappa shape index (κ1) is 21.0. The number of amides is 1. The summed E-state index contributed by atoms with van der Waals surface area (Å²) in [6.45, 7) is 1.85. The fourth-order valence-electron chi connectivity index (χ4n) is 2.68. The molecule has 2 unspecified atom stereocenters. The van der Waals surface area contributed by atoms with Crippen LogP contribution in [0.5, 0.6) is 0 Å². The smallest absolute Gasteiger partial charge is 0.410 e. The number of carbonyl (C=O) groups excluding carboxylic acids is 2. The van der Waals surface area contributed by atoms with E-state index in [0.717, 1.165) is 0 Å². The second-order valence-electron chi connectivity index (χ2n) is 6.09. The minimum Gasteiger partial charge on any atom is -0.465 e. The number of nitrogens with zero attached hydrogens (tertiary/aromatic N) is 2. The third-order valence-corrected chi connectivity index (χ3v) is 5.06. The Hall–Kier alpha value is -2.33. The summed E-state index contributed by atoms with van der Waals surface area (Å²) in [4.78, 5) is 34.7. The van der Waals surface area contributed by atoms with Crippen LogP contribution in [0.15, 0.2) is 24.3 Å². The molecule has 1 amide bonds. The van der Waals surface area contributed by atoms with Gasteiger partial charge in [0.2, 0.25) is 0 Å². The molecule has 0 radical (unpaired) electrons. The van der Waals surface area contributed by atoms with Gasteiger partial charge >= 0.3 is 12.1 Å². The van der Waals surface area contributed by atoms with Crippen LogP contribution in [0.3, 0.4) is 0 Å². The maximum absolute atomic E-state index is 12.3. The van der Waals surface area contributed by atoms with Crippen molar-refractivity contribution in [2.45, 2.75) is 32.1 Å². The number of benzene rings is 1. The van der Waals surface area contributed by atoms with E-state index in [1.54, 1.807) is 0 Å². The highest BCUT2D eigenvalue weighted by atomic mass is 32.2. The molecule has 1 saturated heterocycles. The quantitative estimate of drug-likeness (QED) is 0.305. The number of hydrogen-bond donors (Lipinski definition) is 1. The van der Waals surface area contributed by atoms with E-state index >= 15 is 0 Å². The van der Waals surface area contributed by atoms with Crippen molar-refractivity contribution in [3.05, 3.63) is 39.9 Å². The molecule has 1 aliphatic rings. The Bertz CT molecular complexity index is 668. The highest BCUT2D eigenvalue weighted by Crippen LogP contribution is 2.23. The first-order valence-corrected chi connectivity index (χ1v) is 9.58. The molecular formula is C17H22N2O7S. The van der Waals surface area contributed by atoms with Crippen LogP contribution in [0.4, 0.5) is 10.5 Å². The molecule has 1 aliphatic heterocycles. The Morgan fingerprint density at radius 2 is 2.04 bits per heavy atom. The van der Waals surface area contributed by atoms with Crippen molar-refractivity contribution in [1.82, 2.24) is 4.90 Å². The van der Waals surface area contributed by atoms with Gasteiger partial charge in [0.05, 0.1) is 17.6 Å². The topological polar surface area (TPSA) is 119 Å². The van der Waals surface area contributed by atoms with E-state index in [2.05, 4.69) is 0 Å². The Kier molecular flexibility index (Phi) is 7.86. The molecule has 1 aromatic carbocycles. The maximum Gasteiger partial charge on any atom is 0.410 e. The highest BCUT2D eigenvalue weighted by molar-refractivity contribution is 7.99. The van der Waals surface area contributed by atoms with Crippen molar-refractivity contribution < 1.29 is 29.1 Å². The van der Waals surface area contributed by atoms with Gasteiger partial charge in [-0.3, -0.25) is 14.9 Å². The Morgan fingerprint density at radius 1 is 1.33 bits per heavy atom. The average molecular weight is 398 g/mol. The number of rotatable bonds is 8. The SMILES string of the molecule is CC(=O)OCCSCC1CC(O)CN1C(=O)OCc1ccc([N+](=O)[O-])cc1. The number of thioether (sulfide) groups is 1. The lowest BCUT2D eigenvalue weighted by molar-refractivity contribution is -0.384. The summed E-state index contributed by atoms with van der Waals surface area (Å²) in [5, 5.41) is 20.5. The summed E-state index contributed by atoms with van der Waals surface area (Å²) < 4.78 is 10.1. The summed E-state index contributed by atoms with van der Waals surface area (Å²) in [5.74, 6) is 0.881. The monoisotopic (exact) mass is 398 g/mol. The summed E-state index contributed by atoms with van der Waals surface area (Å²) in [5.41, 5.74) is 0.611. The average Bonchev–Trinajstić information content (AvgIpc) is 3.00. The van der Waals surface area contributed by atoms with Crippen LogP contribution in [-0.2, 0) is 20.9 Å². The lowest BCUT2D eigenvalue weighted by Crippen LogP contribution is -2.37. The van der Waals surface area contributed by atoms with Gasteiger partial charge in [-0.15, -0.1) is 0 Å². The number of esters is 1. The number of ether oxygens (including phenoxy) is 2. The van der Waals surface area contributed by atoms with E-state index in [1.807, 2.05) is 0 Å². The predicted octanol–water partition coefficient (Wildman–Crippen LogP) is 1.96. The fraction of sp³-hybridized carbons (Fsp3) is 0.529. The number of aliphatic hydroxyl groups excluding tert-OH is 1. The number of nitro benzene ring substituents is 1. The fourth-order valence-corrected chi connectivity index (χ4v) is 3.64. The number of likely N-dealkylation sites (tertiary alicyclic amines) is 1. The standard InChI is InChI=1S/C17H22N2O7S/c1-12(20)25-6-7-27-11-15-8-16(21)9-18(15)17(22)26-10-13-2-4-14(5-3-13)19(23)24/h2-5,15-16,21H,6-11H2,1H3. The number of aliphatic hydroxyl groups is 1. The van der Waals surface area contributed by atoms with E-state index in [0.29, 0.717) is 30.1 Å². The molecule has 0 spiro atoms. The largest absolute Gasteiger partial charge is 0.465 e. The van der Waals surface area contributed by atoms with E-state index < -0.39 is 17.1 Å². The van der Waals surface area contributed by atoms with Crippen molar-refractivity contribution in [2.75, 3.05) is 24.7 Å². The van der Waals surface area contributed by atoms with Gasteiger partial charge in [-0.2, -0.15) is 11.8 Å². The third-order valence-electron chi connectivity index (χ3n) is 3.98. The number of β-amino-alcohol motifs (C(OH)–C–C–N with tert-alkyl or cyclic N) is 1. The molecule has 148 valence electrons. The molecule has 2 rings (SSSR count). The summed E-state index contributed by atoms with van der Waals surface area (Å²) in [6.07, 6.45) is -0.667. The van der Waals surface area contributed by atoms with Crippen LogP contribution in [0.2, 0.25) is 0 Å². The van der Waals surface area contributed by atoms with E-state index in [1.165, 1.54) is 47.9 Å². The van der Waals surface area contributed by atoms with Crippen molar-refractivity contribution in [1.29, 1.82) is 0 Å². The summed E-state index contributed by atoms with van der Waals surface area (Å²) in [6, 6.07) is 5.61. The van der Waals surface area contributed by atoms with Crippen LogP contribution < -0.4 is 0 Å². The molecule has 0 aromatic heterocycles. The molecule has 2 atom stereocenters. The lowest BCUT2D eigenvalue weighted by atomic mass is 10.2. The van der Waals surface area contributed by atoms with Gasteiger partial charge in [0, 0.05) is 36.6 Å². The lowest BCUT2D eigenvalue weighted by Gasteiger charge is -2.23. The first-order valence-electron chi connectivity index (χ1n) is 8.42. The molecule has 1 fully saturated rings. The van der Waals surface area contributed by atoms with Gasteiger partial charge in [0.1, 0.15) is 13.2 Å². The van der Waals surface area contributed by atoms with Crippen LogP contribution in [0.1, 0.15) is 18.9 Å². The van der Waals surface area contributed by atoms with Gasteiger partial charge < -0.3 is 19.5 Å². The third kappa shape index (κ3) is 6.72. The highest BCUT2D eigenvalue weighted by Gasteiger charge is 2.35. The molecule has 9 nitrogen and oxygen atoms in total. The molecule has 0 aliphatic carbocycles. The van der Waals surface area contributed by atoms with Gasteiger partial charge in [-0.05, 0) is 24.1 Å². The molecule has 1 aromatic rings. The number of hydrogen-bond acceptors (Lipinski definition) is 8. The predicted molar refractivity (Wildman–Crippen MR) is 98.4 cm³/mol. The van der Waals surface area contributed by atoms with Crippen LogP contribution in [0, 0.1) is 10.1 Å². The number of nitro groups is 1. The number of carbonyl (C=O) groups is 2. The Morgan fingerprint density at radius 3 is 2.67 bits per heavy atom. The minimum atomic E-state index is -0.601. The molecule has 27 heavy (non-hydrogen) atoms. The van der Waals surface area contributed by atoms with Crippen molar-refractivity contribution in [2.24, 2.45) is 0 Å². The van der Waals surface area contributed by atoms with E-state index in [9.17, 15) is 24.8 Å². The van der Waals surface area contributed by atoms with Gasteiger partial charge in [0.25, 0.3) is 5.69 Å². The van der Waals surface area contributed by atoms with Crippen molar-refractivity contribution in [3.63, 3.8) is 0 Å². The molecule has 10 heteroatoms. The zero-order chi connectivity index (χ0) is 19.8. The normalized spacial score (nSPS) is 19.0. The molecule has 1 heterocycles. The molecule has 0 saturated carbocycles. The Balaban J connectivity index is 1.80. The van der Waals surface area contributed by atoms with Crippen molar-refractivity contribution in [3.8, 4) is 0 Å². The van der Waals surface area contributed by atoms with E-state index in [4.69, 9.17) is 9.47 Å². The van der Waals surface area contributed by atoms with Crippen LogP contribution in [0.25, 0.3) is 0 Å². The second kappa shape index (κ2) is 10.1. The summed E-state index contributed by atoms with van der Waals surface area (Å²) >= 11 is 1.53. The van der Waals surface area contributed by atoms with E-state index in [-0.39, 0.29) is 30.9 Å². The first-order chi connectivity index (χ1) is 12.9. The molecular weight excluding hydrogens is 376 g/mol. The van der Waals surface area contributed by atoms with Gasteiger partial charge in [0.15, 0.2) is 0 Å². The number of non-ortho nitro benzene ring substituents is 1. The minimum absolute atomic E-state index is 0.00423. The van der Waals surface area contributed by atoms with Crippen LogP contribution >= 0.6 is 11.8 Å². The van der Waals surface area contributed by atoms with Crippen LogP contribution in [-0.4, -0.2) is 63.8 Å². The van der Waals surface area contributed by atoms with Gasteiger partial charge in [-0.1, -0.05) is 0 Å². The maximum atomic E-state index is 12.3. The zero-order valence-corrected chi connectivity index (χ0v) is 15.7. The molecule has 0 bridgehead atoms. The molecule has 1 N–H and O–H groups in total. The summed E-state index contributed by atoms with van der Waals surface area (Å²) in [7, 11) is 0. The zero-order valence-electron chi connectivity index (χ0n) is 14.9. The van der Waals surface area contributed by atoms with Gasteiger partial charge in [-0.25, -0.2) is 4.79 Å². The van der Waals surface area contributed by atoms with Crippen molar-refractivity contribution >= 4 is 29.5 Å².